The standard InChI is InChI=1S/C13H20N2O2S/c1-13(2,3)17-12(16)15-9-8-10-4-6-11(18-14)7-5-10/h4-7H,8-9,14H2,1-3H3,(H,15,16). The van der Waals surface area contributed by atoms with Crippen LogP contribution in [0.4, 0.5) is 4.79 Å². The molecule has 100 valence electrons. The van der Waals surface area contributed by atoms with Crippen molar-refractivity contribution in [3.63, 3.8) is 0 Å². The van der Waals surface area contributed by atoms with Crippen LogP contribution in [0.2, 0.25) is 0 Å². The van der Waals surface area contributed by atoms with Gasteiger partial charge in [-0.05, 0) is 56.8 Å². The van der Waals surface area contributed by atoms with Crippen molar-refractivity contribution in [2.45, 2.75) is 37.7 Å². The Labute approximate surface area is 112 Å². The zero-order valence-electron chi connectivity index (χ0n) is 11.0. The van der Waals surface area contributed by atoms with E-state index in [-0.39, 0.29) is 6.09 Å². The van der Waals surface area contributed by atoms with Gasteiger partial charge >= 0.3 is 6.09 Å². The van der Waals surface area contributed by atoms with Gasteiger partial charge < -0.3 is 10.1 Å². The minimum Gasteiger partial charge on any atom is -0.444 e. The summed E-state index contributed by atoms with van der Waals surface area (Å²) in [4.78, 5) is 12.4. The van der Waals surface area contributed by atoms with Crippen molar-refractivity contribution in [1.29, 1.82) is 0 Å². The van der Waals surface area contributed by atoms with Crippen LogP contribution in [0, 0.1) is 0 Å². The number of amides is 1. The summed E-state index contributed by atoms with van der Waals surface area (Å²) in [6, 6.07) is 7.94. The SMILES string of the molecule is CC(C)(C)OC(=O)NCCc1ccc(SN)cc1. The molecule has 1 rings (SSSR count). The zero-order valence-corrected chi connectivity index (χ0v) is 11.8. The molecule has 1 aromatic rings. The van der Waals surface area contributed by atoms with E-state index in [0.717, 1.165) is 16.9 Å². The second-order valence-electron chi connectivity index (χ2n) is 4.94. The molecule has 5 heteroatoms. The van der Waals surface area contributed by atoms with E-state index in [4.69, 9.17) is 9.88 Å². The van der Waals surface area contributed by atoms with Crippen molar-refractivity contribution in [3.8, 4) is 0 Å². The van der Waals surface area contributed by atoms with Crippen molar-refractivity contribution in [2.75, 3.05) is 6.54 Å². The Hall–Kier alpha value is -1.20. The molecule has 4 nitrogen and oxygen atoms in total. The number of hydrogen-bond acceptors (Lipinski definition) is 4. The molecule has 0 aromatic heterocycles. The number of benzene rings is 1. The van der Waals surface area contributed by atoms with E-state index in [2.05, 4.69) is 5.32 Å². The Balaban J connectivity index is 2.30. The summed E-state index contributed by atoms with van der Waals surface area (Å²) in [6.07, 6.45) is 0.394. The smallest absolute Gasteiger partial charge is 0.407 e. The molecule has 0 saturated heterocycles. The molecule has 3 N–H and O–H groups in total. The van der Waals surface area contributed by atoms with Crippen LogP contribution in [-0.2, 0) is 11.2 Å². The van der Waals surface area contributed by atoms with Crippen LogP contribution < -0.4 is 10.5 Å². The molecule has 0 unspecified atom stereocenters. The van der Waals surface area contributed by atoms with Gasteiger partial charge in [-0.15, -0.1) is 0 Å². The first-order valence-corrected chi connectivity index (χ1v) is 6.71. The first-order chi connectivity index (χ1) is 8.40. The molecule has 1 aromatic carbocycles. The van der Waals surface area contributed by atoms with Gasteiger partial charge in [-0.3, -0.25) is 5.14 Å². The summed E-state index contributed by atoms with van der Waals surface area (Å²) in [5, 5.41) is 8.17. The highest BCUT2D eigenvalue weighted by atomic mass is 32.2. The van der Waals surface area contributed by atoms with Gasteiger partial charge in [-0.25, -0.2) is 4.79 Å². The van der Waals surface area contributed by atoms with E-state index in [1.807, 2.05) is 45.0 Å². The van der Waals surface area contributed by atoms with E-state index in [0.29, 0.717) is 6.54 Å². The lowest BCUT2D eigenvalue weighted by molar-refractivity contribution is 0.0528. The Morgan fingerprint density at radius 2 is 1.94 bits per heavy atom. The molecule has 0 radical (unpaired) electrons. The normalized spacial score (nSPS) is 11.1. The van der Waals surface area contributed by atoms with E-state index in [1.165, 1.54) is 11.9 Å². The number of carbonyl (C=O) groups is 1. The second-order valence-corrected chi connectivity index (χ2v) is 5.65. The molecule has 0 bridgehead atoms. The molecular formula is C13H20N2O2S. The zero-order chi connectivity index (χ0) is 13.6. The number of hydrogen-bond donors (Lipinski definition) is 2. The highest BCUT2D eigenvalue weighted by Gasteiger charge is 2.15. The fraction of sp³-hybridized carbons (Fsp3) is 0.462. The summed E-state index contributed by atoms with van der Waals surface area (Å²) in [6.45, 7) is 6.09. The number of carbonyl (C=O) groups excluding carboxylic acids is 1. The Morgan fingerprint density at radius 1 is 1.33 bits per heavy atom. The third-order valence-electron chi connectivity index (χ3n) is 2.14. The van der Waals surface area contributed by atoms with Crippen molar-refractivity contribution >= 4 is 18.0 Å². The molecular weight excluding hydrogens is 248 g/mol. The average Bonchev–Trinajstić information content (AvgIpc) is 2.27. The van der Waals surface area contributed by atoms with Gasteiger partial charge in [0.1, 0.15) is 5.60 Å². The molecule has 0 saturated carbocycles. The first kappa shape index (κ1) is 14.9. The summed E-state index contributed by atoms with van der Waals surface area (Å²) in [5.41, 5.74) is 0.702. The van der Waals surface area contributed by atoms with Gasteiger partial charge in [0.2, 0.25) is 0 Å². The van der Waals surface area contributed by atoms with Crippen molar-refractivity contribution in [1.82, 2.24) is 5.32 Å². The molecule has 0 aliphatic heterocycles. The minimum absolute atomic E-state index is 0.378. The molecule has 1 amide bonds. The maximum Gasteiger partial charge on any atom is 0.407 e. The number of rotatable bonds is 4. The molecule has 18 heavy (non-hydrogen) atoms. The third-order valence-corrected chi connectivity index (χ3v) is 2.69. The maximum atomic E-state index is 11.4. The van der Waals surface area contributed by atoms with Gasteiger partial charge in [0.25, 0.3) is 0 Å². The Morgan fingerprint density at radius 3 is 2.44 bits per heavy atom. The second kappa shape index (κ2) is 6.66. The first-order valence-electron chi connectivity index (χ1n) is 5.83. The van der Waals surface area contributed by atoms with Crippen LogP contribution in [0.15, 0.2) is 29.2 Å². The van der Waals surface area contributed by atoms with E-state index < -0.39 is 5.60 Å². The van der Waals surface area contributed by atoms with Crippen LogP contribution in [0.5, 0.6) is 0 Å². The largest absolute Gasteiger partial charge is 0.444 e. The van der Waals surface area contributed by atoms with Gasteiger partial charge in [0, 0.05) is 11.4 Å². The predicted molar refractivity (Wildman–Crippen MR) is 74.4 cm³/mol. The van der Waals surface area contributed by atoms with Crippen molar-refractivity contribution in [3.05, 3.63) is 29.8 Å². The van der Waals surface area contributed by atoms with Gasteiger partial charge in [0.05, 0.1) is 0 Å². The average molecular weight is 268 g/mol. The number of nitrogens with two attached hydrogens (primary N) is 1. The summed E-state index contributed by atoms with van der Waals surface area (Å²) >= 11 is 1.22. The van der Waals surface area contributed by atoms with E-state index in [1.54, 1.807) is 0 Å². The number of ether oxygens (including phenoxy) is 1. The monoisotopic (exact) mass is 268 g/mol. The van der Waals surface area contributed by atoms with E-state index >= 15 is 0 Å². The molecule has 0 heterocycles. The fourth-order valence-corrected chi connectivity index (χ4v) is 1.65. The van der Waals surface area contributed by atoms with Crippen LogP contribution >= 0.6 is 11.9 Å². The predicted octanol–water partition coefficient (Wildman–Crippen LogP) is 2.72. The van der Waals surface area contributed by atoms with Crippen molar-refractivity contribution < 1.29 is 9.53 Å². The van der Waals surface area contributed by atoms with Crippen LogP contribution in [0.25, 0.3) is 0 Å². The van der Waals surface area contributed by atoms with Crippen LogP contribution in [0.3, 0.4) is 0 Å². The maximum absolute atomic E-state index is 11.4. The summed E-state index contributed by atoms with van der Waals surface area (Å²) < 4.78 is 5.14. The topological polar surface area (TPSA) is 64.3 Å². The highest BCUT2D eigenvalue weighted by molar-refractivity contribution is 7.97. The summed E-state index contributed by atoms with van der Waals surface area (Å²) in [5.74, 6) is 0. The van der Waals surface area contributed by atoms with Crippen LogP contribution in [0.1, 0.15) is 26.3 Å². The third kappa shape index (κ3) is 5.93. The lowest BCUT2D eigenvalue weighted by Crippen LogP contribution is -2.33. The fourth-order valence-electron chi connectivity index (χ4n) is 1.36. The minimum atomic E-state index is -0.454. The quantitative estimate of drug-likeness (QED) is 0.824. The van der Waals surface area contributed by atoms with Gasteiger partial charge in [0.15, 0.2) is 0 Å². The molecule has 0 fully saturated rings. The molecule has 0 atom stereocenters. The molecule has 0 spiro atoms. The highest BCUT2D eigenvalue weighted by Crippen LogP contribution is 2.12. The lowest BCUT2D eigenvalue weighted by atomic mass is 10.1. The summed E-state index contributed by atoms with van der Waals surface area (Å²) in [7, 11) is 0. The number of alkyl carbamates (subject to hydrolysis) is 1. The van der Waals surface area contributed by atoms with E-state index in [9.17, 15) is 4.79 Å². The Kier molecular flexibility index (Phi) is 5.50. The molecule has 0 aliphatic carbocycles. The van der Waals surface area contributed by atoms with Gasteiger partial charge in [-0.2, -0.15) is 0 Å². The van der Waals surface area contributed by atoms with Crippen molar-refractivity contribution in [2.24, 2.45) is 5.14 Å². The lowest BCUT2D eigenvalue weighted by Gasteiger charge is -2.19. The van der Waals surface area contributed by atoms with Gasteiger partial charge in [-0.1, -0.05) is 12.1 Å². The Bertz CT molecular complexity index is 385. The number of nitrogens with one attached hydrogen (secondary N) is 1. The molecule has 0 aliphatic rings. The van der Waals surface area contributed by atoms with Crippen LogP contribution in [-0.4, -0.2) is 18.2 Å².